The number of carbonyl (C=O) groups excluding carboxylic acids is 2. The second-order valence-electron chi connectivity index (χ2n) is 6.20. The molecule has 130 valence electrons. The van der Waals surface area contributed by atoms with Gasteiger partial charge in [-0.1, -0.05) is 30.9 Å². The monoisotopic (exact) mass is 370 g/mol. The molecule has 1 saturated heterocycles. The highest BCUT2D eigenvalue weighted by atomic mass is 35.5. The van der Waals surface area contributed by atoms with Crippen molar-refractivity contribution in [1.82, 2.24) is 5.32 Å². The average molecular weight is 371 g/mol. The third kappa shape index (κ3) is 3.42. The molecule has 6 nitrogen and oxygen atoms in total. The fraction of sp³-hybridized carbons (Fsp3) is 0.500. The number of hydrogen-bond acceptors (Lipinski definition) is 4. The van der Waals surface area contributed by atoms with Crippen molar-refractivity contribution in [3.8, 4) is 0 Å². The van der Waals surface area contributed by atoms with Crippen molar-refractivity contribution in [1.29, 1.82) is 0 Å². The standard InChI is InChI=1S/C16H19ClN2O4S/c17-14-10-12(19-15(20)8-9-24(19,22)23)6-7-13(14)16(21)18-11-4-2-1-3-5-11/h6-7,10-11H,1-5,8-9H2,(H,18,21). The summed E-state index contributed by atoms with van der Waals surface area (Å²) in [4.78, 5) is 24.2. The van der Waals surface area contributed by atoms with Crippen LogP contribution in [0.3, 0.4) is 0 Å². The topological polar surface area (TPSA) is 83.6 Å². The molecule has 3 rings (SSSR count). The summed E-state index contributed by atoms with van der Waals surface area (Å²) in [6, 6.07) is 4.43. The first-order valence-electron chi connectivity index (χ1n) is 8.05. The van der Waals surface area contributed by atoms with Crippen LogP contribution in [0, 0.1) is 0 Å². The fourth-order valence-corrected chi connectivity index (χ4v) is 4.91. The van der Waals surface area contributed by atoms with Gasteiger partial charge in [0.2, 0.25) is 15.9 Å². The molecule has 2 aliphatic rings. The molecule has 0 aromatic heterocycles. The maximum Gasteiger partial charge on any atom is 0.253 e. The van der Waals surface area contributed by atoms with Gasteiger partial charge >= 0.3 is 0 Å². The lowest BCUT2D eigenvalue weighted by molar-refractivity contribution is -0.116. The first kappa shape index (κ1) is 17.2. The van der Waals surface area contributed by atoms with Crippen LogP contribution in [0.1, 0.15) is 48.9 Å². The summed E-state index contributed by atoms with van der Waals surface area (Å²) in [5.41, 5.74) is 0.465. The number of hydrogen-bond donors (Lipinski definition) is 1. The Labute approximate surface area is 146 Å². The predicted octanol–water partition coefficient (Wildman–Crippen LogP) is 2.47. The van der Waals surface area contributed by atoms with Gasteiger partial charge in [-0.05, 0) is 31.0 Å². The number of nitrogens with one attached hydrogen (secondary N) is 1. The van der Waals surface area contributed by atoms with Gasteiger partial charge < -0.3 is 5.32 Å². The van der Waals surface area contributed by atoms with Crippen LogP contribution in [0.15, 0.2) is 18.2 Å². The molecule has 1 heterocycles. The van der Waals surface area contributed by atoms with Gasteiger partial charge in [0.1, 0.15) is 0 Å². The molecule has 1 saturated carbocycles. The van der Waals surface area contributed by atoms with E-state index in [1.807, 2.05) is 0 Å². The molecule has 1 aromatic rings. The Morgan fingerprint density at radius 2 is 1.92 bits per heavy atom. The smallest absolute Gasteiger partial charge is 0.253 e. The zero-order chi connectivity index (χ0) is 17.3. The van der Waals surface area contributed by atoms with Crippen LogP contribution in [-0.2, 0) is 14.8 Å². The molecule has 24 heavy (non-hydrogen) atoms. The maximum absolute atomic E-state index is 12.4. The molecule has 1 aliphatic heterocycles. The first-order chi connectivity index (χ1) is 11.4. The molecule has 0 spiro atoms. The van der Waals surface area contributed by atoms with E-state index in [-0.39, 0.29) is 40.4 Å². The van der Waals surface area contributed by atoms with Crippen molar-refractivity contribution in [3.63, 3.8) is 0 Å². The highest BCUT2D eigenvalue weighted by Gasteiger charge is 2.36. The van der Waals surface area contributed by atoms with E-state index in [1.54, 1.807) is 0 Å². The molecular formula is C16H19ClN2O4S. The molecule has 8 heteroatoms. The van der Waals surface area contributed by atoms with E-state index in [4.69, 9.17) is 11.6 Å². The Hall–Kier alpha value is -1.60. The number of nitrogens with zero attached hydrogens (tertiary/aromatic N) is 1. The number of amides is 2. The summed E-state index contributed by atoms with van der Waals surface area (Å²) in [5, 5.41) is 3.10. The zero-order valence-electron chi connectivity index (χ0n) is 13.1. The van der Waals surface area contributed by atoms with E-state index in [2.05, 4.69) is 5.32 Å². The normalized spacial score (nSPS) is 21.0. The molecule has 1 N–H and O–H groups in total. The Morgan fingerprint density at radius 3 is 2.50 bits per heavy atom. The van der Waals surface area contributed by atoms with Crippen LogP contribution in [-0.4, -0.2) is 32.0 Å². The van der Waals surface area contributed by atoms with E-state index in [0.717, 1.165) is 30.0 Å². The summed E-state index contributed by atoms with van der Waals surface area (Å²) >= 11 is 6.17. The Kier molecular flexibility index (Phi) is 4.83. The van der Waals surface area contributed by atoms with Gasteiger partial charge in [0.15, 0.2) is 0 Å². The molecule has 0 atom stereocenters. The van der Waals surface area contributed by atoms with Crippen molar-refractivity contribution < 1.29 is 18.0 Å². The lowest BCUT2D eigenvalue weighted by Gasteiger charge is -2.23. The number of sulfonamides is 1. The molecule has 1 aliphatic carbocycles. The van der Waals surface area contributed by atoms with Gasteiger partial charge in [-0.15, -0.1) is 0 Å². The van der Waals surface area contributed by atoms with Crippen molar-refractivity contribution in [3.05, 3.63) is 28.8 Å². The fourth-order valence-electron chi connectivity index (χ4n) is 3.19. The number of carbonyl (C=O) groups is 2. The number of anilines is 1. The molecule has 0 radical (unpaired) electrons. The Morgan fingerprint density at radius 1 is 1.21 bits per heavy atom. The average Bonchev–Trinajstić information content (AvgIpc) is 2.81. The van der Waals surface area contributed by atoms with Crippen molar-refractivity contribution >= 4 is 39.1 Å². The van der Waals surface area contributed by atoms with Gasteiger partial charge in [0, 0.05) is 12.5 Å². The van der Waals surface area contributed by atoms with E-state index in [0.29, 0.717) is 0 Å². The summed E-state index contributed by atoms with van der Waals surface area (Å²) in [5.74, 6) is -0.951. The van der Waals surface area contributed by atoms with Gasteiger partial charge in [-0.2, -0.15) is 0 Å². The minimum absolute atomic E-state index is 0.0378. The van der Waals surface area contributed by atoms with Gasteiger partial charge in [-0.25, -0.2) is 12.7 Å². The zero-order valence-corrected chi connectivity index (χ0v) is 14.7. The summed E-state index contributed by atoms with van der Waals surface area (Å²) in [7, 11) is -3.64. The van der Waals surface area contributed by atoms with Gasteiger partial charge in [0.05, 0.1) is 22.0 Å². The molecular weight excluding hydrogens is 352 g/mol. The van der Waals surface area contributed by atoms with Crippen LogP contribution < -0.4 is 9.62 Å². The molecule has 0 unspecified atom stereocenters. The molecule has 2 fully saturated rings. The van der Waals surface area contributed by atoms with Crippen LogP contribution in [0.4, 0.5) is 5.69 Å². The van der Waals surface area contributed by atoms with E-state index < -0.39 is 15.9 Å². The largest absolute Gasteiger partial charge is 0.349 e. The van der Waals surface area contributed by atoms with Crippen LogP contribution >= 0.6 is 11.6 Å². The van der Waals surface area contributed by atoms with E-state index in [1.165, 1.54) is 24.6 Å². The number of halogens is 1. The highest BCUT2D eigenvalue weighted by Crippen LogP contribution is 2.29. The second-order valence-corrected chi connectivity index (χ2v) is 8.54. The third-order valence-corrected chi connectivity index (χ3v) is 6.45. The van der Waals surface area contributed by atoms with Crippen molar-refractivity contribution in [2.45, 2.75) is 44.6 Å². The SMILES string of the molecule is O=C(NC1CCCCC1)c1ccc(N2C(=O)CCS2(=O)=O)cc1Cl. The number of rotatable bonds is 3. The highest BCUT2D eigenvalue weighted by molar-refractivity contribution is 7.94. The molecule has 2 amide bonds. The minimum atomic E-state index is -3.64. The molecule has 1 aromatic carbocycles. The molecule has 0 bridgehead atoms. The van der Waals surface area contributed by atoms with Crippen LogP contribution in [0.25, 0.3) is 0 Å². The number of benzene rings is 1. The summed E-state index contributed by atoms with van der Waals surface area (Å²) in [6.07, 6.45) is 5.28. The van der Waals surface area contributed by atoms with Gasteiger partial charge in [0.25, 0.3) is 5.91 Å². The second kappa shape index (κ2) is 6.72. The third-order valence-electron chi connectivity index (χ3n) is 4.45. The van der Waals surface area contributed by atoms with Crippen molar-refractivity contribution in [2.24, 2.45) is 0 Å². The summed E-state index contributed by atoms with van der Waals surface area (Å²) < 4.78 is 24.7. The lowest BCUT2D eigenvalue weighted by Crippen LogP contribution is -2.36. The van der Waals surface area contributed by atoms with Gasteiger partial charge in [-0.3, -0.25) is 9.59 Å². The van der Waals surface area contributed by atoms with Crippen LogP contribution in [0.5, 0.6) is 0 Å². The first-order valence-corrected chi connectivity index (χ1v) is 10.0. The Bertz CT molecular complexity index is 772. The van der Waals surface area contributed by atoms with Crippen molar-refractivity contribution in [2.75, 3.05) is 10.1 Å². The van der Waals surface area contributed by atoms with E-state index in [9.17, 15) is 18.0 Å². The summed E-state index contributed by atoms with van der Waals surface area (Å²) in [6.45, 7) is 0. The van der Waals surface area contributed by atoms with Crippen LogP contribution in [0.2, 0.25) is 5.02 Å². The Balaban J connectivity index is 1.79. The van der Waals surface area contributed by atoms with E-state index >= 15 is 0 Å². The maximum atomic E-state index is 12.4. The quantitative estimate of drug-likeness (QED) is 0.885. The predicted molar refractivity (Wildman–Crippen MR) is 91.7 cm³/mol. The minimum Gasteiger partial charge on any atom is -0.349 e. The lowest BCUT2D eigenvalue weighted by atomic mass is 9.95.